The van der Waals surface area contributed by atoms with Crippen molar-refractivity contribution in [3.63, 3.8) is 0 Å². The zero-order valence-electron chi connectivity index (χ0n) is 11.9. The summed E-state index contributed by atoms with van der Waals surface area (Å²) in [5.74, 6) is 0.805. The molecule has 2 rings (SSSR count). The minimum atomic E-state index is -0.119. The third-order valence-electron chi connectivity index (χ3n) is 4.09. The molecule has 20 heavy (non-hydrogen) atoms. The fourth-order valence-corrected chi connectivity index (χ4v) is 2.57. The molecule has 0 aliphatic carbocycles. The van der Waals surface area contributed by atoms with Crippen LogP contribution in [0.3, 0.4) is 0 Å². The smallest absolute Gasteiger partial charge is 0.253 e. The quantitative estimate of drug-likeness (QED) is 0.868. The zero-order chi connectivity index (χ0) is 14.8. The van der Waals surface area contributed by atoms with Crippen LogP contribution >= 0.6 is 12.2 Å². The summed E-state index contributed by atoms with van der Waals surface area (Å²) in [7, 11) is 1.61. The van der Waals surface area contributed by atoms with Crippen LogP contribution in [0.25, 0.3) is 0 Å². The van der Waals surface area contributed by atoms with Crippen LogP contribution in [0, 0.1) is 5.41 Å². The Hall–Kier alpha value is -1.62. The van der Waals surface area contributed by atoms with E-state index in [0.29, 0.717) is 23.6 Å². The number of nitrogens with two attached hydrogens (primary N) is 1. The first-order chi connectivity index (χ1) is 9.46. The molecule has 0 saturated carbocycles. The van der Waals surface area contributed by atoms with Crippen molar-refractivity contribution in [2.45, 2.75) is 19.8 Å². The van der Waals surface area contributed by atoms with Crippen LogP contribution in [0.1, 0.15) is 30.1 Å². The Labute approximate surface area is 124 Å². The van der Waals surface area contributed by atoms with Crippen LogP contribution in [-0.4, -0.2) is 36.0 Å². The van der Waals surface area contributed by atoms with Gasteiger partial charge < -0.3 is 15.4 Å². The molecular weight excluding hydrogens is 272 g/mol. The highest BCUT2D eigenvalue weighted by atomic mass is 32.1. The highest BCUT2D eigenvalue weighted by Gasteiger charge is 2.34. The van der Waals surface area contributed by atoms with Crippen molar-refractivity contribution in [1.82, 2.24) is 4.90 Å². The van der Waals surface area contributed by atoms with Gasteiger partial charge in [-0.3, -0.25) is 4.79 Å². The van der Waals surface area contributed by atoms with Crippen molar-refractivity contribution in [1.29, 1.82) is 0 Å². The molecule has 1 aliphatic rings. The van der Waals surface area contributed by atoms with Gasteiger partial charge in [-0.1, -0.05) is 19.1 Å². The molecule has 1 aromatic rings. The normalized spacial score (nSPS) is 17.6. The summed E-state index contributed by atoms with van der Waals surface area (Å²) in [6.07, 6.45) is 1.65. The summed E-state index contributed by atoms with van der Waals surface area (Å²) < 4.78 is 5.09. The van der Waals surface area contributed by atoms with E-state index in [2.05, 4.69) is 6.92 Å². The highest BCUT2D eigenvalue weighted by molar-refractivity contribution is 7.80. The van der Waals surface area contributed by atoms with Crippen molar-refractivity contribution < 1.29 is 9.53 Å². The zero-order valence-corrected chi connectivity index (χ0v) is 12.7. The first-order valence-electron chi connectivity index (χ1n) is 6.69. The molecule has 1 amide bonds. The number of ether oxygens (including phenoxy) is 1. The predicted octanol–water partition coefficient (Wildman–Crippen LogP) is 2.22. The maximum absolute atomic E-state index is 12.4. The first-order valence-corrected chi connectivity index (χ1v) is 7.10. The van der Waals surface area contributed by atoms with Gasteiger partial charge in [-0.2, -0.15) is 0 Å². The van der Waals surface area contributed by atoms with Crippen LogP contribution in [0.2, 0.25) is 0 Å². The second-order valence-corrected chi connectivity index (χ2v) is 5.89. The first kappa shape index (κ1) is 14.8. The molecule has 0 spiro atoms. The second-order valence-electron chi connectivity index (χ2n) is 5.45. The Balaban J connectivity index is 2.02. The highest BCUT2D eigenvalue weighted by Crippen LogP contribution is 2.31. The molecule has 1 saturated heterocycles. The second kappa shape index (κ2) is 5.79. The lowest BCUT2D eigenvalue weighted by molar-refractivity contribution is 0.0670. The average molecular weight is 292 g/mol. The van der Waals surface area contributed by atoms with Gasteiger partial charge in [0.25, 0.3) is 5.91 Å². The van der Waals surface area contributed by atoms with Crippen LogP contribution in [0.5, 0.6) is 5.75 Å². The van der Waals surface area contributed by atoms with Crippen LogP contribution in [0.4, 0.5) is 0 Å². The van der Waals surface area contributed by atoms with Gasteiger partial charge in [0.15, 0.2) is 0 Å². The van der Waals surface area contributed by atoms with Gasteiger partial charge in [0.05, 0.1) is 12.1 Å². The maximum Gasteiger partial charge on any atom is 0.253 e. The minimum Gasteiger partial charge on any atom is -0.497 e. The van der Waals surface area contributed by atoms with Crippen molar-refractivity contribution in [2.75, 3.05) is 20.2 Å². The van der Waals surface area contributed by atoms with Crippen LogP contribution in [-0.2, 0) is 0 Å². The number of hydrogen-bond donors (Lipinski definition) is 1. The molecule has 1 aliphatic heterocycles. The Kier molecular flexibility index (Phi) is 4.28. The van der Waals surface area contributed by atoms with Gasteiger partial charge in [-0.05, 0) is 37.1 Å². The number of carbonyl (C=O) groups is 1. The van der Waals surface area contributed by atoms with Crippen molar-refractivity contribution in [2.24, 2.45) is 11.1 Å². The Morgan fingerprint density at radius 1 is 1.30 bits per heavy atom. The molecule has 108 valence electrons. The van der Waals surface area contributed by atoms with Gasteiger partial charge in [-0.15, -0.1) is 0 Å². The molecule has 0 aromatic heterocycles. The van der Waals surface area contributed by atoms with Crippen molar-refractivity contribution in [3.8, 4) is 5.75 Å². The fourth-order valence-electron chi connectivity index (χ4n) is 2.37. The van der Waals surface area contributed by atoms with Crippen molar-refractivity contribution >= 4 is 23.1 Å². The molecule has 1 fully saturated rings. The van der Waals surface area contributed by atoms with Gasteiger partial charge in [0.1, 0.15) is 5.75 Å². The molecule has 5 heteroatoms. The molecular formula is C15H20N2O2S. The van der Waals surface area contributed by atoms with Crippen LogP contribution in [0.15, 0.2) is 24.3 Å². The largest absolute Gasteiger partial charge is 0.497 e. The maximum atomic E-state index is 12.4. The van der Waals surface area contributed by atoms with Crippen LogP contribution < -0.4 is 10.5 Å². The van der Waals surface area contributed by atoms with E-state index in [-0.39, 0.29) is 11.3 Å². The topological polar surface area (TPSA) is 55.6 Å². The number of hydrogen-bond acceptors (Lipinski definition) is 3. The van der Waals surface area contributed by atoms with Gasteiger partial charge in [-0.25, -0.2) is 0 Å². The van der Waals surface area contributed by atoms with Crippen molar-refractivity contribution in [3.05, 3.63) is 29.8 Å². The van der Waals surface area contributed by atoms with Gasteiger partial charge in [0.2, 0.25) is 0 Å². The summed E-state index contributed by atoms with van der Waals surface area (Å²) in [6, 6.07) is 7.19. The minimum absolute atomic E-state index is 0.0534. The number of amides is 1. The summed E-state index contributed by atoms with van der Waals surface area (Å²) >= 11 is 5.11. The predicted molar refractivity (Wildman–Crippen MR) is 83.0 cm³/mol. The molecule has 2 N–H and O–H groups in total. The number of piperidine rings is 1. The number of methoxy groups -OCH3 is 1. The molecule has 0 radical (unpaired) electrons. The Morgan fingerprint density at radius 2 is 1.85 bits per heavy atom. The van der Waals surface area contributed by atoms with E-state index in [4.69, 9.17) is 22.7 Å². The number of benzene rings is 1. The summed E-state index contributed by atoms with van der Waals surface area (Å²) in [6.45, 7) is 3.46. The van der Waals surface area contributed by atoms with Gasteiger partial charge >= 0.3 is 0 Å². The molecule has 1 heterocycles. The standard InChI is InChI=1S/C15H20N2O2S/c1-15(14(16)20)7-9-17(10-8-15)13(18)11-3-5-12(19-2)6-4-11/h3-6H,7-10H2,1-2H3,(H2,16,20). The summed E-state index contributed by atoms with van der Waals surface area (Å²) in [4.78, 5) is 14.8. The Morgan fingerprint density at radius 3 is 2.30 bits per heavy atom. The number of likely N-dealkylation sites (tertiary alicyclic amines) is 1. The van der Waals surface area contributed by atoms with Gasteiger partial charge in [0, 0.05) is 24.1 Å². The molecule has 4 nitrogen and oxygen atoms in total. The van der Waals surface area contributed by atoms with E-state index in [0.717, 1.165) is 18.6 Å². The molecule has 0 atom stereocenters. The lowest BCUT2D eigenvalue weighted by Gasteiger charge is -2.38. The lowest BCUT2D eigenvalue weighted by atomic mass is 9.80. The molecule has 1 aromatic carbocycles. The number of carbonyl (C=O) groups excluding carboxylic acids is 1. The van der Waals surface area contributed by atoms with E-state index in [1.54, 1.807) is 31.4 Å². The van der Waals surface area contributed by atoms with E-state index in [9.17, 15) is 4.79 Å². The summed E-state index contributed by atoms with van der Waals surface area (Å²) in [5, 5.41) is 0. The number of nitrogens with zero attached hydrogens (tertiary/aromatic N) is 1. The third kappa shape index (κ3) is 2.93. The van der Waals surface area contributed by atoms with E-state index in [1.165, 1.54) is 0 Å². The SMILES string of the molecule is COc1ccc(C(=O)N2CCC(C)(C(N)=S)CC2)cc1. The van der Waals surface area contributed by atoms with E-state index in [1.807, 2.05) is 4.90 Å². The average Bonchev–Trinajstić information content (AvgIpc) is 2.47. The molecule has 0 bridgehead atoms. The van der Waals surface area contributed by atoms with E-state index < -0.39 is 0 Å². The summed E-state index contributed by atoms with van der Waals surface area (Å²) in [5.41, 5.74) is 6.35. The number of rotatable bonds is 3. The monoisotopic (exact) mass is 292 g/mol. The lowest BCUT2D eigenvalue weighted by Crippen LogP contribution is -2.46. The molecule has 0 unspecified atom stereocenters. The number of thiocarbonyl (C=S) groups is 1. The fraction of sp³-hybridized carbons (Fsp3) is 0.467. The van der Waals surface area contributed by atoms with E-state index >= 15 is 0 Å². The Bertz CT molecular complexity index is 505. The third-order valence-corrected chi connectivity index (χ3v) is 4.58.